The lowest BCUT2D eigenvalue weighted by atomic mass is 10.2. The van der Waals surface area contributed by atoms with E-state index in [1.807, 2.05) is 11.8 Å². The Labute approximate surface area is 66.9 Å². The van der Waals surface area contributed by atoms with Crippen LogP contribution in [0.1, 0.15) is 13.8 Å². The van der Waals surface area contributed by atoms with E-state index >= 15 is 0 Å². The van der Waals surface area contributed by atoms with Gasteiger partial charge in [-0.05, 0) is 13.8 Å². The van der Waals surface area contributed by atoms with Crippen LogP contribution in [0.15, 0.2) is 0 Å². The molecular formula is C7H16N2S. The molecule has 1 unspecified atom stereocenters. The van der Waals surface area contributed by atoms with Crippen molar-refractivity contribution in [3.05, 3.63) is 0 Å². The van der Waals surface area contributed by atoms with Crippen molar-refractivity contribution in [1.29, 1.82) is 0 Å². The molecule has 0 saturated carbocycles. The molecule has 1 fully saturated rings. The molecule has 1 saturated heterocycles. The molecule has 0 radical (unpaired) electrons. The van der Waals surface area contributed by atoms with Crippen LogP contribution in [0.25, 0.3) is 0 Å². The first kappa shape index (κ1) is 8.37. The van der Waals surface area contributed by atoms with Gasteiger partial charge < -0.3 is 11.1 Å². The zero-order valence-electron chi connectivity index (χ0n) is 6.68. The summed E-state index contributed by atoms with van der Waals surface area (Å²) in [5.41, 5.74) is 5.52. The van der Waals surface area contributed by atoms with E-state index < -0.39 is 0 Å². The molecule has 0 aliphatic carbocycles. The fourth-order valence-corrected chi connectivity index (χ4v) is 2.07. The Morgan fingerprint density at radius 3 is 2.80 bits per heavy atom. The Morgan fingerprint density at radius 1 is 1.70 bits per heavy atom. The Balaban J connectivity index is 2.31. The van der Waals surface area contributed by atoms with Crippen LogP contribution < -0.4 is 11.1 Å². The minimum absolute atomic E-state index is 0.408. The summed E-state index contributed by atoms with van der Waals surface area (Å²) in [5.74, 6) is 1.16. The lowest BCUT2D eigenvalue weighted by molar-refractivity contribution is 0.495. The molecule has 1 aliphatic heterocycles. The van der Waals surface area contributed by atoms with Crippen molar-refractivity contribution in [3.63, 3.8) is 0 Å². The zero-order valence-corrected chi connectivity index (χ0v) is 7.50. The predicted octanol–water partition coefficient (Wildman–Crippen LogP) is 0.429. The van der Waals surface area contributed by atoms with Crippen molar-refractivity contribution in [2.75, 3.05) is 18.8 Å². The molecule has 0 aromatic rings. The third-order valence-corrected chi connectivity index (χ3v) is 3.27. The molecule has 0 bridgehead atoms. The molecule has 1 atom stereocenters. The number of nitrogens with one attached hydrogen (secondary N) is 1. The van der Waals surface area contributed by atoms with E-state index in [4.69, 9.17) is 5.73 Å². The van der Waals surface area contributed by atoms with Gasteiger partial charge in [-0.15, -0.1) is 0 Å². The van der Waals surface area contributed by atoms with E-state index in [1.165, 1.54) is 0 Å². The second-order valence-corrected chi connectivity index (χ2v) is 5.11. The zero-order chi connectivity index (χ0) is 7.61. The Bertz CT molecular complexity index is 104. The number of hydrogen-bond acceptors (Lipinski definition) is 3. The summed E-state index contributed by atoms with van der Waals surface area (Å²) in [6.07, 6.45) is 0. The van der Waals surface area contributed by atoms with Gasteiger partial charge in [0.2, 0.25) is 0 Å². The highest BCUT2D eigenvalue weighted by molar-refractivity contribution is 8.00. The van der Waals surface area contributed by atoms with E-state index in [2.05, 4.69) is 19.2 Å². The van der Waals surface area contributed by atoms with Crippen molar-refractivity contribution >= 4 is 11.8 Å². The first-order valence-corrected chi connectivity index (χ1v) is 4.70. The largest absolute Gasteiger partial charge is 0.329 e. The van der Waals surface area contributed by atoms with Crippen LogP contribution in [0.5, 0.6) is 0 Å². The second kappa shape index (κ2) is 3.11. The summed E-state index contributed by atoms with van der Waals surface area (Å²) in [7, 11) is 0. The third-order valence-electron chi connectivity index (χ3n) is 1.78. The average molecular weight is 160 g/mol. The van der Waals surface area contributed by atoms with Gasteiger partial charge in [0.25, 0.3) is 0 Å². The minimum atomic E-state index is 0.408. The Kier molecular flexibility index (Phi) is 2.61. The second-order valence-electron chi connectivity index (χ2n) is 3.38. The molecular weight excluding hydrogens is 144 g/mol. The summed E-state index contributed by atoms with van der Waals surface area (Å²) in [6, 6.07) is 0.540. The van der Waals surface area contributed by atoms with Crippen molar-refractivity contribution in [2.45, 2.75) is 24.6 Å². The van der Waals surface area contributed by atoms with Crippen molar-refractivity contribution < 1.29 is 0 Å². The van der Waals surface area contributed by atoms with Gasteiger partial charge in [0.15, 0.2) is 0 Å². The molecule has 10 heavy (non-hydrogen) atoms. The number of thioether (sulfide) groups is 1. The molecule has 0 aromatic heterocycles. The first-order valence-electron chi connectivity index (χ1n) is 3.71. The summed E-state index contributed by atoms with van der Waals surface area (Å²) in [5, 5.41) is 3.41. The molecule has 0 aromatic carbocycles. The average Bonchev–Trinajstić information content (AvgIpc) is 1.88. The maximum absolute atomic E-state index is 5.52. The standard InChI is InChI=1S/C7H16N2S/c1-7(2)5-9-6(3-8)4-10-7/h6,9H,3-5,8H2,1-2H3. The molecule has 1 heterocycles. The number of rotatable bonds is 1. The SMILES string of the molecule is CC1(C)CNC(CN)CS1. The van der Waals surface area contributed by atoms with E-state index in [-0.39, 0.29) is 0 Å². The summed E-state index contributed by atoms with van der Waals surface area (Å²) in [6.45, 7) is 6.37. The van der Waals surface area contributed by atoms with E-state index in [0.717, 1.165) is 18.8 Å². The summed E-state index contributed by atoms with van der Waals surface area (Å²) >= 11 is 2.01. The molecule has 3 N–H and O–H groups in total. The minimum Gasteiger partial charge on any atom is -0.329 e. The van der Waals surface area contributed by atoms with Crippen LogP contribution in [0.2, 0.25) is 0 Å². The van der Waals surface area contributed by atoms with Gasteiger partial charge in [-0.25, -0.2) is 0 Å². The monoisotopic (exact) mass is 160 g/mol. The predicted molar refractivity (Wildman–Crippen MR) is 47.4 cm³/mol. The fourth-order valence-electron chi connectivity index (χ4n) is 0.978. The normalized spacial score (nSPS) is 32.1. The molecule has 2 nitrogen and oxygen atoms in total. The third kappa shape index (κ3) is 2.15. The van der Waals surface area contributed by atoms with Gasteiger partial charge >= 0.3 is 0 Å². The van der Waals surface area contributed by atoms with Crippen LogP contribution in [0, 0.1) is 0 Å². The fraction of sp³-hybridized carbons (Fsp3) is 1.00. The highest BCUT2D eigenvalue weighted by Gasteiger charge is 2.25. The lowest BCUT2D eigenvalue weighted by Crippen LogP contribution is -2.49. The summed E-state index contributed by atoms with van der Waals surface area (Å²) in [4.78, 5) is 0. The molecule has 1 rings (SSSR count). The quantitative estimate of drug-likeness (QED) is 0.584. The van der Waals surface area contributed by atoms with Gasteiger partial charge in [-0.2, -0.15) is 11.8 Å². The molecule has 3 heteroatoms. The van der Waals surface area contributed by atoms with E-state index in [0.29, 0.717) is 10.8 Å². The van der Waals surface area contributed by atoms with Gasteiger partial charge in [0, 0.05) is 29.6 Å². The van der Waals surface area contributed by atoms with Crippen molar-refractivity contribution in [3.8, 4) is 0 Å². The van der Waals surface area contributed by atoms with Crippen LogP contribution in [0.4, 0.5) is 0 Å². The molecule has 1 aliphatic rings. The van der Waals surface area contributed by atoms with Crippen LogP contribution in [0.3, 0.4) is 0 Å². The maximum Gasteiger partial charge on any atom is 0.0281 e. The molecule has 0 spiro atoms. The van der Waals surface area contributed by atoms with Crippen LogP contribution in [-0.2, 0) is 0 Å². The van der Waals surface area contributed by atoms with Crippen LogP contribution in [-0.4, -0.2) is 29.6 Å². The maximum atomic E-state index is 5.52. The smallest absolute Gasteiger partial charge is 0.0281 e. The van der Waals surface area contributed by atoms with Gasteiger partial charge in [0.05, 0.1) is 0 Å². The topological polar surface area (TPSA) is 38.0 Å². The summed E-state index contributed by atoms with van der Waals surface area (Å²) < 4.78 is 0.408. The molecule has 60 valence electrons. The Morgan fingerprint density at radius 2 is 2.40 bits per heavy atom. The Hall–Kier alpha value is 0.270. The first-order chi connectivity index (χ1) is 4.64. The van der Waals surface area contributed by atoms with E-state index in [1.54, 1.807) is 0 Å². The highest BCUT2D eigenvalue weighted by Crippen LogP contribution is 2.27. The lowest BCUT2D eigenvalue weighted by Gasteiger charge is -2.34. The van der Waals surface area contributed by atoms with Crippen LogP contribution >= 0.6 is 11.8 Å². The van der Waals surface area contributed by atoms with Crippen molar-refractivity contribution in [2.24, 2.45) is 5.73 Å². The van der Waals surface area contributed by atoms with Crippen molar-refractivity contribution in [1.82, 2.24) is 5.32 Å². The highest BCUT2D eigenvalue weighted by atomic mass is 32.2. The number of nitrogens with two attached hydrogens (primary N) is 1. The van der Waals surface area contributed by atoms with Gasteiger partial charge in [0.1, 0.15) is 0 Å². The number of hydrogen-bond donors (Lipinski definition) is 2. The van der Waals surface area contributed by atoms with E-state index in [9.17, 15) is 0 Å². The van der Waals surface area contributed by atoms with Gasteiger partial charge in [-0.3, -0.25) is 0 Å². The van der Waals surface area contributed by atoms with Gasteiger partial charge in [-0.1, -0.05) is 0 Å². The molecule has 0 amide bonds.